The van der Waals surface area contributed by atoms with Crippen LogP contribution in [0.5, 0.6) is 0 Å². The van der Waals surface area contributed by atoms with Gasteiger partial charge in [0.25, 0.3) is 0 Å². The first-order chi connectivity index (χ1) is 8.15. The molecule has 0 atom stereocenters. The first kappa shape index (κ1) is 10.9. The van der Waals surface area contributed by atoms with Crippen LogP contribution in [-0.2, 0) is 0 Å². The highest BCUT2D eigenvalue weighted by molar-refractivity contribution is 9.10. The van der Waals surface area contributed by atoms with Crippen molar-refractivity contribution in [1.29, 1.82) is 0 Å². The van der Waals surface area contributed by atoms with Crippen LogP contribution in [0.1, 0.15) is 25.3 Å². The Labute approximate surface area is 110 Å². The van der Waals surface area contributed by atoms with Crippen LogP contribution in [-0.4, -0.2) is 0 Å². The van der Waals surface area contributed by atoms with Gasteiger partial charge in [0.1, 0.15) is 0 Å². The zero-order valence-electron chi connectivity index (χ0n) is 9.76. The summed E-state index contributed by atoms with van der Waals surface area (Å²) >= 11 is 3.49. The van der Waals surface area contributed by atoms with Gasteiger partial charge in [0.2, 0.25) is 0 Å². The van der Waals surface area contributed by atoms with Crippen molar-refractivity contribution in [3.05, 3.63) is 46.4 Å². The third-order valence-electron chi connectivity index (χ3n) is 3.31. The van der Waals surface area contributed by atoms with Gasteiger partial charge in [-0.15, -0.1) is 0 Å². The lowest BCUT2D eigenvalue weighted by Gasteiger charge is -2.00. The lowest BCUT2D eigenvalue weighted by molar-refractivity contribution is 0.783. The SMILES string of the molecule is CC1(C#Cc2ccc3cc(Br)ccc3c2)CC1. The van der Waals surface area contributed by atoms with Crippen LogP contribution in [0, 0.1) is 17.3 Å². The quantitative estimate of drug-likeness (QED) is 0.612. The fourth-order valence-electron chi connectivity index (χ4n) is 1.83. The van der Waals surface area contributed by atoms with E-state index < -0.39 is 0 Å². The third kappa shape index (κ3) is 2.37. The molecule has 1 aliphatic carbocycles. The summed E-state index contributed by atoms with van der Waals surface area (Å²) in [6, 6.07) is 12.7. The van der Waals surface area contributed by atoms with Gasteiger partial charge >= 0.3 is 0 Å². The van der Waals surface area contributed by atoms with Crippen LogP contribution in [0.4, 0.5) is 0 Å². The molecule has 1 saturated carbocycles. The summed E-state index contributed by atoms with van der Waals surface area (Å²) in [5.41, 5.74) is 1.42. The van der Waals surface area contributed by atoms with Crippen molar-refractivity contribution in [2.24, 2.45) is 5.41 Å². The Hall–Kier alpha value is -1.26. The van der Waals surface area contributed by atoms with E-state index in [2.05, 4.69) is 71.1 Å². The maximum atomic E-state index is 3.49. The van der Waals surface area contributed by atoms with Gasteiger partial charge in [0, 0.05) is 15.5 Å². The first-order valence-electron chi connectivity index (χ1n) is 5.87. The van der Waals surface area contributed by atoms with E-state index in [1.807, 2.05) is 0 Å². The lowest BCUT2D eigenvalue weighted by Crippen LogP contribution is -1.85. The van der Waals surface area contributed by atoms with E-state index in [9.17, 15) is 0 Å². The highest BCUT2D eigenvalue weighted by Crippen LogP contribution is 2.44. The van der Waals surface area contributed by atoms with E-state index in [1.165, 1.54) is 23.6 Å². The van der Waals surface area contributed by atoms with Crippen molar-refractivity contribution in [1.82, 2.24) is 0 Å². The molecular formula is C16H13Br. The number of hydrogen-bond donors (Lipinski definition) is 0. The summed E-state index contributed by atoms with van der Waals surface area (Å²) in [5, 5.41) is 2.50. The minimum absolute atomic E-state index is 0.300. The van der Waals surface area contributed by atoms with E-state index in [4.69, 9.17) is 0 Å². The van der Waals surface area contributed by atoms with E-state index in [1.54, 1.807) is 0 Å². The van der Waals surface area contributed by atoms with Gasteiger partial charge in [-0.25, -0.2) is 0 Å². The van der Waals surface area contributed by atoms with Gasteiger partial charge in [-0.05, 0) is 54.8 Å². The van der Waals surface area contributed by atoms with Crippen LogP contribution in [0.3, 0.4) is 0 Å². The average molecular weight is 285 g/mol. The highest BCUT2D eigenvalue weighted by Gasteiger charge is 2.35. The van der Waals surface area contributed by atoms with Gasteiger partial charge < -0.3 is 0 Å². The van der Waals surface area contributed by atoms with Gasteiger partial charge in [-0.3, -0.25) is 0 Å². The molecule has 0 saturated heterocycles. The monoisotopic (exact) mass is 284 g/mol. The fraction of sp³-hybridized carbons (Fsp3) is 0.250. The van der Waals surface area contributed by atoms with Crippen LogP contribution >= 0.6 is 15.9 Å². The van der Waals surface area contributed by atoms with Crippen LogP contribution in [0.15, 0.2) is 40.9 Å². The minimum atomic E-state index is 0.300. The maximum absolute atomic E-state index is 3.49. The number of rotatable bonds is 0. The molecule has 2 aromatic carbocycles. The number of benzene rings is 2. The molecule has 0 unspecified atom stereocenters. The standard InChI is InChI=1S/C16H13Br/c1-16(8-9-16)7-6-12-2-3-14-11-15(17)5-4-13(14)10-12/h2-5,10-11H,8-9H2,1H3. The molecule has 17 heavy (non-hydrogen) atoms. The van der Waals surface area contributed by atoms with E-state index in [0.717, 1.165) is 10.0 Å². The summed E-state index contributed by atoms with van der Waals surface area (Å²) in [6.07, 6.45) is 2.50. The summed E-state index contributed by atoms with van der Waals surface area (Å²) in [6.45, 7) is 2.23. The molecular weight excluding hydrogens is 272 g/mol. The number of hydrogen-bond acceptors (Lipinski definition) is 0. The van der Waals surface area contributed by atoms with Crippen molar-refractivity contribution in [2.45, 2.75) is 19.8 Å². The summed E-state index contributed by atoms with van der Waals surface area (Å²) < 4.78 is 1.12. The van der Waals surface area contributed by atoms with Gasteiger partial charge in [0.15, 0.2) is 0 Å². The molecule has 3 rings (SSSR count). The number of halogens is 1. The molecule has 0 radical (unpaired) electrons. The van der Waals surface area contributed by atoms with Crippen LogP contribution in [0.2, 0.25) is 0 Å². The Morgan fingerprint density at radius 3 is 2.53 bits per heavy atom. The third-order valence-corrected chi connectivity index (χ3v) is 3.80. The second-order valence-electron chi connectivity index (χ2n) is 5.02. The predicted octanol–water partition coefficient (Wildman–Crippen LogP) is 4.75. The predicted molar refractivity (Wildman–Crippen MR) is 75.9 cm³/mol. The molecule has 0 aliphatic heterocycles. The Morgan fingerprint density at radius 1 is 1.06 bits per heavy atom. The number of fused-ring (bicyclic) bond motifs is 1. The van der Waals surface area contributed by atoms with Crippen molar-refractivity contribution in [2.75, 3.05) is 0 Å². The van der Waals surface area contributed by atoms with E-state index >= 15 is 0 Å². The smallest absolute Gasteiger partial charge is 0.0291 e. The zero-order chi connectivity index (χ0) is 11.9. The molecule has 0 spiro atoms. The van der Waals surface area contributed by atoms with Gasteiger partial charge in [-0.1, -0.05) is 39.9 Å². The van der Waals surface area contributed by atoms with Gasteiger partial charge in [0.05, 0.1) is 0 Å². The normalized spacial score (nSPS) is 16.4. The molecule has 1 aliphatic rings. The molecule has 0 bridgehead atoms. The summed E-state index contributed by atoms with van der Waals surface area (Å²) in [4.78, 5) is 0. The zero-order valence-corrected chi connectivity index (χ0v) is 11.3. The molecule has 0 aromatic heterocycles. The minimum Gasteiger partial charge on any atom is -0.0914 e. The van der Waals surface area contributed by atoms with Crippen molar-refractivity contribution >= 4 is 26.7 Å². The van der Waals surface area contributed by atoms with E-state index in [-0.39, 0.29) is 0 Å². The van der Waals surface area contributed by atoms with Crippen LogP contribution < -0.4 is 0 Å². The average Bonchev–Trinajstić information content (AvgIpc) is 3.05. The van der Waals surface area contributed by atoms with E-state index in [0.29, 0.717) is 5.41 Å². The largest absolute Gasteiger partial charge is 0.0914 e. The second kappa shape index (κ2) is 3.89. The Kier molecular flexibility index (Phi) is 2.49. The molecule has 0 heterocycles. The fourth-order valence-corrected chi connectivity index (χ4v) is 2.21. The Morgan fingerprint density at radius 2 is 1.76 bits per heavy atom. The highest BCUT2D eigenvalue weighted by atomic mass is 79.9. The maximum Gasteiger partial charge on any atom is 0.0291 e. The van der Waals surface area contributed by atoms with Crippen molar-refractivity contribution in [3.63, 3.8) is 0 Å². The summed E-state index contributed by atoms with van der Waals surface area (Å²) in [7, 11) is 0. The second-order valence-corrected chi connectivity index (χ2v) is 5.93. The van der Waals surface area contributed by atoms with Crippen molar-refractivity contribution in [3.8, 4) is 11.8 Å². The molecule has 0 N–H and O–H groups in total. The Balaban J connectivity index is 2.01. The van der Waals surface area contributed by atoms with Gasteiger partial charge in [-0.2, -0.15) is 0 Å². The van der Waals surface area contributed by atoms with Crippen LogP contribution in [0.25, 0.3) is 10.8 Å². The summed E-state index contributed by atoms with van der Waals surface area (Å²) in [5.74, 6) is 6.66. The molecule has 0 amide bonds. The Bertz CT molecular complexity index is 639. The molecule has 84 valence electrons. The first-order valence-corrected chi connectivity index (χ1v) is 6.67. The molecule has 1 heteroatoms. The molecule has 0 nitrogen and oxygen atoms in total. The lowest BCUT2D eigenvalue weighted by atomic mass is 10.1. The van der Waals surface area contributed by atoms with Crippen molar-refractivity contribution < 1.29 is 0 Å². The topological polar surface area (TPSA) is 0 Å². The molecule has 2 aromatic rings. The molecule has 1 fully saturated rings.